The summed E-state index contributed by atoms with van der Waals surface area (Å²) in [6.07, 6.45) is -4.87. The van der Waals surface area contributed by atoms with Gasteiger partial charge < -0.3 is 4.18 Å². The van der Waals surface area contributed by atoms with Crippen molar-refractivity contribution in [3.63, 3.8) is 0 Å². The molecule has 0 aliphatic carbocycles. The van der Waals surface area contributed by atoms with Crippen LogP contribution in [0.2, 0.25) is 0 Å². The van der Waals surface area contributed by atoms with Gasteiger partial charge in [0.2, 0.25) is 0 Å². The van der Waals surface area contributed by atoms with E-state index in [0.29, 0.717) is 6.07 Å². The van der Waals surface area contributed by atoms with Gasteiger partial charge in [-0.1, -0.05) is 24.3 Å². The minimum Gasteiger partial charge on any atom is -0.376 e. The number of benzene rings is 2. The lowest BCUT2D eigenvalue weighted by atomic mass is 10.2. The molecule has 0 atom stereocenters. The van der Waals surface area contributed by atoms with E-state index in [1.165, 1.54) is 12.1 Å². The van der Waals surface area contributed by atoms with Crippen LogP contribution in [0.1, 0.15) is 5.56 Å². The zero-order valence-electron chi connectivity index (χ0n) is 10.3. The van der Waals surface area contributed by atoms with Crippen molar-refractivity contribution in [1.29, 1.82) is 0 Å². The predicted molar refractivity (Wildman–Crippen MR) is 65.7 cm³/mol. The highest BCUT2D eigenvalue weighted by Crippen LogP contribution is 2.35. The zero-order chi connectivity index (χ0) is 15.7. The molecule has 0 fully saturated rings. The maximum Gasteiger partial charge on any atom is 0.417 e. The Morgan fingerprint density at radius 1 is 0.905 bits per heavy atom. The molecule has 0 saturated heterocycles. The van der Waals surface area contributed by atoms with E-state index >= 15 is 0 Å². The fraction of sp³-hybridized carbons (Fsp3) is 0.0769. The number of para-hydroxylation sites is 1. The van der Waals surface area contributed by atoms with Crippen molar-refractivity contribution in [3.05, 3.63) is 59.9 Å². The molecule has 0 aromatic heterocycles. The van der Waals surface area contributed by atoms with Gasteiger partial charge in [0.25, 0.3) is 0 Å². The van der Waals surface area contributed by atoms with E-state index < -0.39 is 38.3 Å². The summed E-state index contributed by atoms with van der Waals surface area (Å²) in [6.45, 7) is 0. The minimum absolute atomic E-state index is 0.609. The minimum atomic E-state index is -4.87. The molecule has 112 valence electrons. The van der Waals surface area contributed by atoms with E-state index in [0.717, 1.165) is 30.3 Å². The molecule has 0 unspecified atom stereocenters. The van der Waals surface area contributed by atoms with E-state index in [-0.39, 0.29) is 0 Å². The van der Waals surface area contributed by atoms with Crippen molar-refractivity contribution in [2.75, 3.05) is 0 Å². The standard InChI is InChI=1S/C13H8F4O3S/c14-10-6-2-3-7-11(10)20-21(18,19)12-8-4-1-5-9(12)13(15,16)17/h1-8H. The maximum absolute atomic E-state index is 13.4. The first-order chi connectivity index (χ1) is 9.72. The Bertz CT molecular complexity index is 754. The summed E-state index contributed by atoms with van der Waals surface area (Å²) in [6, 6.07) is 8.04. The van der Waals surface area contributed by atoms with Crippen LogP contribution in [0.25, 0.3) is 0 Å². The van der Waals surface area contributed by atoms with Crippen LogP contribution in [0.4, 0.5) is 17.6 Å². The Kier molecular flexibility index (Phi) is 3.91. The van der Waals surface area contributed by atoms with E-state index in [2.05, 4.69) is 4.18 Å². The van der Waals surface area contributed by atoms with Gasteiger partial charge >= 0.3 is 16.3 Å². The molecule has 2 aromatic carbocycles. The Morgan fingerprint density at radius 2 is 1.48 bits per heavy atom. The van der Waals surface area contributed by atoms with Crippen LogP contribution < -0.4 is 4.18 Å². The number of halogens is 4. The third-order valence-electron chi connectivity index (χ3n) is 2.50. The number of hydrogen-bond donors (Lipinski definition) is 0. The zero-order valence-corrected chi connectivity index (χ0v) is 11.1. The first-order valence-corrected chi connectivity index (χ1v) is 6.98. The predicted octanol–water partition coefficient (Wildman–Crippen LogP) is 3.61. The highest BCUT2D eigenvalue weighted by molar-refractivity contribution is 7.87. The lowest BCUT2D eigenvalue weighted by Gasteiger charge is -2.13. The number of rotatable bonds is 3. The number of alkyl halides is 3. The Labute approximate surface area is 117 Å². The van der Waals surface area contributed by atoms with Crippen LogP contribution in [0.5, 0.6) is 5.75 Å². The van der Waals surface area contributed by atoms with Gasteiger partial charge in [0.1, 0.15) is 4.90 Å². The molecule has 0 aliphatic heterocycles. The Hall–Kier alpha value is -2.09. The van der Waals surface area contributed by atoms with Crippen LogP contribution in [0, 0.1) is 5.82 Å². The Morgan fingerprint density at radius 3 is 2.10 bits per heavy atom. The molecule has 0 N–H and O–H groups in total. The van der Waals surface area contributed by atoms with Gasteiger partial charge in [0.05, 0.1) is 5.56 Å². The normalized spacial score (nSPS) is 12.2. The van der Waals surface area contributed by atoms with Crippen molar-refractivity contribution in [2.45, 2.75) is 11.1 Å². The third-order valence-corrected chi connectivity index (χ3v) is 3.79. The van der Waals surface area contributed by atoms with E-state index in [1.807, 2.05) is 0 Å². The van der Waals surface area contributed by atoms with Crippen molar-refractivity contribution in [1.82, 2.24) is 0 Å². The topological polar surface area (TPSA) is 43.4 Å². The molecule has 0 bridgehead atoms. The molecule has 21 heavy (non-hydrogen) atoms. The molecule has 0 radical (unpaired) electrons. The van der Waals surface area contributed by atoms with Gasteiger partial charge in [0, 0.05) is 0 Å². The molecule has 0 saturated carbocycles. The quantitative estimate of drug-likeness (QED) is 0.641. The molecule has 0 aliphatic rings. The monoisotopic (exact) mass is 320 g/mol. The second-order valence-corrected chi connectivity index (χ2v) is 5.48. The van der Waals surface area contributed by atoms with Gasteiger partial charge in [-0.2, -0.15) is 21.6 Å². The SMILES string of the molecule is O=S(=O)(Oc1ccccc1F)c1ccccc1C(F)(F)F. The van der Waals surface area contributed by atoms with Gasteiger partial charge in [-0.05, 0) is 24.3 Å². The van der Waals surface area contributed by atoms with Gasteiger partial charge in [0.15, 0.2) is 11.6 Å². The third kappa shape index (κ3) is 3.33. The summed E-state index contributed by atoms with van der Waals surface area (Å²) in [7, 11) is -4.81. The van der Waals surface area contributed by atoms with E-state index in [1.54, 1.807) is 0 Å². The second-order valence-electron chi connectivity index (χ2n) is 3.96. The molecule has 0 spiro atoms. The molecular weight excluding hydrogens is 312 g/mol. The highest BCUT2D eigenvalue weighted by atomic mass is 32.2. The first-order valence-electron chi connectivity index (χ1n) is 5.57. The number of hydrogen-bond acceptors (Lipinski definition) is 3. The van der Waals surface area contributed by atoms with Crippen LogP contribution >= 0.6 is 0 Å². The average Bonchev–Trinajstić information content (AvgIpc) is 2.40. The van der Waals surface area contributed by atoms with Gasteiger partial charge in [-0.15, -0.1) is 0 Å². The molecule has 2 rings (SSSR count). The van der Waals surface area contributed by atoms with Crippen molar-refractivity contribution >= 4 is 10.1 Å². The summed E-state index contributed by atoms with van der Waals surface area (Å²) < 4.78 is 80.1. The highest BCUT2D eigenvalue weighted by Gasteiger charge is 2.37. The summed E-state index contributed by atoms with van der Waals surface area (Å²) >= 11 is 0. The first kappa shape index (κ1) is 15.3. The van der Waals surface area contributed by atoms with Crippen molar-refractivity contribution < 1.29 is 30.2 Å². The largest absolute Gasteiger partial charge is 0.417 e. The van der Waals surface area contributed by atoms with Gasteiger partial charge in [-0.25, -0.2) is 4.39 Å². The van der Waals surface area contributed by atoms with Crippen molar-refractivity contribution in [2.24, 2.45) is 0 Å². The summed E-state index contributed by atoms with van der Waals surface area (Å²) in [5.41, 5.74) is -1.37. The lowest BCUT2D eigenvalue weighted by Crippen LogP contribution is -2.17. The van der Waals surface area contributed by atoms with Crippen LogP contribution in [0.3, 0.4) is 0 Å². The molecule has 0 amide bonds. The smallest absolute Gasteiger partial charge is 0.376 e. The van der Waals surface area contributed by atoms with Gasteiger partial charge in [-0.3, -0.25) is 0 Å². The van der Waals surface area contributed by atoms with E-state index in [9.17, 15) is 26.0 Å². The van der Waals surface area contributed by atoms with Crippen molar-refractivity contribution in [3.8, 4) is 5.75 Å². The molecule has 2 aromatic rings. The lowest BCUT2D eigenvalue weighted by molar-refractivity contribution is -0.139. The summed E-state index contributed by atoms with van der Waals surface area (Å²) in [4.78, 5) is -1.07. The molecule has 0 heterocycles. The Balaban J connectivity index is 2.49. The van der Waals surface area contributed by atoms with Crippen LogP contribution in [-0.4, -0.2) is 8.42 Å². The molecular formula is C13H8F4O3S. The summed E-state index contributed by atoms with van der Waals surface area (Å²) in [5, 5.41) is 0. The van der Waals surface area contributed by atoms with Crippen LogP contribution in [0.15, 0.2) is 53.4 Å². The second kappa shape index (κ2) is 5.36. The molecule has 3 nitrogen and oxygen atoms in total. The summed E-state index contributed by atoms with van der Waals surface area (Å²) in [5.74, 6) is -1.67. The maximum atomic E-state index is 13.4. The average molecular weight is 320 g/mol. The van der Waals surface area contributed by atoms with E-state index in [4.69, 9.17) is 0 Å². The molecule has 8 heteroatoms. The fourth-order valence-electron chi connectivity index (χ4n) is 1.59. The fourth-order valence-corrected chi connectivity index (χ4v) is 2.75. The van der Waals surface area contributed by atoms with Crippen LogP contribution in [-0.2, 0) is 16.3 Å².